The lowest BCUT2D eigenvalue weighted by molar-refractivity contribution is 1.10. The Kier molecular flexibility index (Phi) is 4.65. The van der Waals surface area contributed by atoms with Crippen LogP contribution in [0.1, 0.15) is 18.9 Å². The Morgan fingerprint density at radius 1 is 1.35 bits per heavy atom. The Balaban J connectivity index is 2.16. The number of benzene rings is 1. The average Bonchev–Trinajstić information content (AvgIpc) is 2.75. The highest BCUT2D eigenvalue weighted by molar-refractivity contribution is 9.10. The van der Waals surface area contributed by atoms with Crippen LogP contribution in [0.4, 0.5) is 0 Å². The van der Waals surface area contributed by atoms with Gasteiger partial charge in [0.2, 0.25) is 0 Å². The first-order chi connectivity index (χ1) is 8.16. The molecule has 0 saturated carbocycles. The van der Waals surface area contributed by atoms with E-state index in [1.54, 1.807) is 11.3 Å². The molecule has 0 aliphatic carbocycles. The van der Waals surface area contributed by atoms with Gasteiger partial charge < -0.3 is 0 Å². The molecule has 2 aromatic rings. The first-order valence-corrected chi connectivity index (χ1v) is 8.20. The molecule has 0 atom stereocenters. The molecule has 0 aliphatic rings. The number of hydrogen-bond donors (Lipinski definition) is 0. The van der Waals surface area contributed by atoms with E-state index in [9.17, 15) is 0 Å². The monoisotopic (exact) mass is 327 g/mol. The fourth-order valence-corrected chi connectivity index (χ4v) is 3.49. The number of aromatic nitrogens is 1. The molecule has 1 nitrogen and oxygen atoms in total. The van der Waals surface area contributed by atoms with E-state index in [0.717, 1.165) is 15.9 Å². The summed E-state index contributed by atoms with van der Waals surface area (Å²) < 4.78 is 1.10. The van der Waals surface area contributed by atoms with Gasteiger partial charge in [-0.1, -0.05) is 48.0 Å². The second-order valence-electron chi connectivity index (χ2n) is 3.97. The maximum atomic E-state index is 4.68. The van der Waals surface area contributed by atoms with Crippen molar-refractivity contribution in [1.82, 2.24) is 4.98 Å². The summed E-state index contributed by atoms with van der Waals surface area (Å²) in [5, 5.41) is 4.00. The first-order valence-electron chi connectivity index (χ1n) is 5.47. The normalized spacial score (nSPS) is 11.1. The molecule has 0 bridgehead atoms. The molecule has 0 radical (unpaired) electrons. The molecule has 1 aromatic carbocycles. The number of nitrogens with zero attached hydrogens (tertiary/aromatic N) is 1. The van der Waals surface area contributed by atoms with Crippen molar-refractivity contribution in [3.63, 3.8) is 0 Å². The van der Waals surface area contributed by atoms with Crippen molar-refractivity contribution in [2.75, 3.05) is 0 Å². The van der Waals surface area contributed by atoms with Gasteiger partial charge in [0.1, 0.15) is 5.01 Å². The number of hydrogen-bond acceptors (Lipinski definition) is 3. The number of halogens is 1. The molecule has 90 valence electrons. The summed E-state index contributed by atoms with van der Waals surface area (Å²) in [4.78, 5) is 4.68. The Morgan fingerprint density at radius 2 is 2.12 bits per heavy atom. The summed E-state index contributed by atoms with van der Waals surface area (Å²) >= 11 is 7.24. The molecule has 0 N–H and O–H groups in total. The van der Waals surface area contributed by atoms with E-state index in [1.807, 2.05) is 23.9 Å². The minimum Gasteiger partial charge on any atom is -0.240 e. The number of rotatable bonds is 4. The minimum atomic E-state index is 0.658. The van der Waals surface area contributed by atoms with Crippen LogP contribution in [0.25, 0.3) is 11.3 Å². The quantitative estimate of drug-likeness (QED) is 0.764. The predicted octanol–water partition coefficient (Wildman–Crippen LogP) is 5.21. The van der Waals surface area contributed by atoms with Crippen molar-refractivity contribution in [3.05, 3.63) is 39.1 Å². The number of thioether (sulfide) groups is 1. The molecule has 4 heteroatoms. The van der Waals surface area contributed by atoms with Crippen LogP contribution >= 0.6 is 39.0 Å². The SMILES string of the molecule is CC(C)SCc1nc(-c2ccccc2Br)cs1. The Morgan fingerprint density at radius 3 is 2.82 bits per heavy atom. The van der Waals surface area contributed by atoms with Gasteiger partial charge in [-0.3, -0.25) is 0 Å². The molecule has 2 rings (SSSR count). The van der Waals surface area contributed by atoms with Crippen LogP contribution in [0.2, 0.25) is 0 Å². The van der Waals surface area contributed by atoms with Gasteiger partial charge >= 0.3 is 0 Å². The summed E-state index contributed by atoms with van der Waals surface area (Å²) in [6.45, 7) is 4.43. The molecule has 1 aromatic heterocycles. The molecule has 17 heavy (non-hydrogen) atoms. The van der Waals surface area contributed by atoms with Crippen molar-refractivity contribution >= 4 is 39.0 Å². The molecule has 0 spiro atoms. The maximum absolute atomic E-state index is 4.68. The molecule has 0 fully saturated rings. The Hall–Kier alpha value is -0.320. The summed E-state index contributed by atoms with van der Waals surface area (Å²) in [6.07, 6.45) is 0. The van der Waals surface area contributed by atoms with Crippen molar-refractivity contribution in [1.29, 1.82) is 0 Å². The van der Waals surface area contributed by atoms with E-state index in [2.05, 4.69) is 52.3 Å². The van der Waals surface area contributed by atoms with Gasteiger partial charge in [-0.25, -0.2) is 4.98 Å². The van der Waals surface area contributed by atoms with Gasteiger partial charge in [0.15, 0.2) is 0 Å². The minimum absolute atomic E-state index is 0.658. The van der Waals surface area contributed by atoms with E-state index < -0.39 is 0 Å². The van der Waals surface area contributed by atoms with Crippen LogP contribution in [0.15, 0.2) is 34.1 Å². The summed E-state index contributed by atoms with van der Waals surface area (Å²) in [6, 6.07) is 8.22. The van der Waals surface area contributed by atoms with Crippen LogP contribution in [-0.2, 0) is 5.75 Å². The second-order valence-corrected chi connectivity index (χ2v) is 7.33. The highest BCUT2D eigenvalue weighted by Gasteiger charge is 2.07. The molecule has 0 saturated heterocycles. The zero-order valence-corrected chi connectivity index (χ0v) is 13.0. The fraction of sp³-hybridized carbons (Fsp3) is 0.308. The molecule has 1 heterocycles. The lowest BCUT2D eigenvalue weighted by Crippen LogP contribution is -1.88. The third-order valence-corrected chi connectivity index (χ3v) is 5.07. The van der Waals surface area contributed by atoms with Gasteiger partial charge in [-0.05, 0) is 11.3 Å². The highest BCUT2D eigenvalue weighted by Crippen LogP contribution is 2.30. The van der Waals surface area contributed by atoms with Crippen LogP contribution in [0, 0.1) is 0 Å². The smallest absolute Gasteiger partial charge is 0.103 e. The Labute approximate surface area is 119 Å². The molecular formula is C13H14BrNS2. The molecule has 0 unspecified atom stereocenters. The van der Waals surface area contributed by atoms with Crippen molar-refractivity contribution < 1.29 is 0 Å². The van der Waals surface area contributed by atoms with E-state index in [-0.39, 0.29) is 0 Å². The van der Waals surface area contributed by atoms with Gasteiger partial charge in [0, 0.05) is 21.2 Å². The number of thiazole rings is 1. The topological polar surface area (TPSA) is 12.9 Å². The maximum Gasteiger partial charge on any atom is 0.103 e. The lowest BCUT2D eigenvalue weighted by Gasteiger charge is -2.01. The first kappa shape index (κ1) is 13.1. The van der Waals surface area contributed by atoms with E-state index >= 15 is 0 Å². The summed E-state index contributed by atoms with van der Waals surface area (Å²) in [7, 11) is 0. The van der Waals surface area contributed by atoms with Gasteiger partial charge in [0.05, 0.1) is 5.69 Å². The van der Waals surface area contributed by atoms with Gasteiger partial charge in [-0.2, -0.15) is 11.8 Å². The van der Waals surface area contributed by atoms with Crippen molar-refractivity contribution in [3.8, 4) is 11.3 Å². The second kappa shape index (κ2) is 6.03. The summed E-state index contributed by atoms with van der Waals surface area (Å²) in [5.41, 5.74) is 2.24. The van der Waals surface area contributed by atoms with Crippen molar-refractivity contribution in [2.24, 2.45) is 0 Å². The van der Waals surface area contributed by atoms with E-state index in [4.69, 9.17) is 0 Å². The lowest BCUT2D eigenvalue weighted by atomic mass is 10.2. The highest BCUT2D eigenvalue weighted by atomic mass is 79.9. The van der Waals surface area contributed by atoms with Crippen molar-refractivity contribution in [2.45, 2.75) is 24.9 Å². The predicted molar refractivity (Wildman–Crippen MR) is 81.7 cm³/mol. The van der Waals surface area contributed by atoms with Crippen LogP contribution in [0.3, 0.4) is 0 Å². The summed E-state index contributed by atoms with van der Waals surface area (Å²) in [5.74, 6) is 1.01. The van der Waals surface area contributed by atoms with E-state index in [0.29, 0.717) is 5.25 Å². The van der Waals surface area contributed by atoms with Crippen LogP contribution in [0.5, 0.6) is 0 Å². The van der Waals surface area contributed by atoms with Gasteiger partial charge in [-0.15, -0.1) is 11.3 Å². The fourth-order valence-electron chi connectivity index (χ4n) is 1.41. The van der Waals surface area contributed by atoms with Crippen LogP contribution < -0.4 is 0 Å². The molecule has 0 amide bonds. The molecular weight excluding hydrogens is 314 g/mol. The standard InChI is InChI=1S/C13H14BrNS2/c1-9(2)16-8-13-15-12(7-17-13)10-5-3-4-6-11(10)14/h3-7,9H,8H2,1-2H3. The zero-order valence-electron chi connectivity index (χ0n) is 9.81. The zero-order chi connectivity index (χ0) is 12.3. The third kappa shape index (κ3) is 3.57. The van der Waals surface area contributed by atoms with Crippen LogP contribution in [-0.4, -0.2) is 10.2 Å². The average molecular weight is 328 g/mol. The largest absolute Gasteiger partial charge is 0.240 e. The Bertz CT molecular complexity index is 494. The van der Waals surface area contributed by atoms with E-state index in [1.165, 1.54) is 10.6 Å². The van der Waals surface area contributed by atoms with Gasteiger partial charge in [0.25, 0.3) is 0 Å². The third-order valence-electron chi connectivity index (χ3n) is 2.24. The molecule has 0 aliphatic heterocycles.